The van der Waals surface area contributed by atoms with E-state index < -0.39 is 10.9 Å². The van der Waals surface area contributed by atoms with E-state index in [1.807, 2.05) is 0 Å². The monoisotopic (exact) mass is 259 g/mol. The predicted molar refractivity (Wildman–Crippen MR) is 66.1 cm³/mol. The number of aliphatic carboxylic acids is 1. The first kappa shape index (κ1) is 16.5. The van der Waals surface area contributed by atoms with Crippen LogP contribution in [0.5, 0.6) is 0 Å². The lowest BCUT2D eigenvalue weighted by Gasteiger charge is -2.00. The summed E-state index contributed by atoms with van der Waals surface area (Å²) in [4.78, 5) is 31.2. The molecule has 0 aromatic carbocycles. The van der Waals surface area contributed by atoms with Gasteiger partial charge in [0.25, 0.3) is 0 Å². The third kappa shape index (κ3) is 12.6. The topological polar surface area (TPSA) is 97.5 Å². The normalized spacial score (nSPS) is 10.2. The molecule has 0 radical (unpaired) electrons. The van der Waals surface area contributed by atoms with Crippen molar-refractivity contribution in [3.05, 3.63) is 10.1 Å². The summed E-state index contributed by atoms with van der Waals surface area (Å²) in [5.41, 5.74) is 0. The number of Topliss-reactive ketones (excluding diaryl/α,β-unsaturated/α-hetero) is 1. The summed E-state index contributed by atoms with van der Waals surface area (Å²) >= 11 is 0. The van der Waals surface area contributed by atoms with Crippen molar-refractivity contribution in [3.8, 4) is 0 Å². The highest BCUT2D eigenvalue weighted by atomic mass is 16.6. The largest absolute Gasteiger partial charge is 0.481 e. The molecule has 104 valence electrons. The summed E-state index contributed by atoms with van der Waals surface area (Å²) in [6.45, 7) is -0.138. The molecule has 6 heteroatoms. The summed E-state index contributed by atoms with van der Waals surface area (Å²) in [6.07, 6.45) is 5.52. The van der Waals surface area contributed by atoms with Crippen molar-refractivity contribution in [1.29, 1.82) is 0 Å². The minimum atomic E-state index is -0.768. The van der Waals surface area contributed by atoms with Crippen molar-refractivity contribution >= 4 is 11.8 Å². The number of nitro groups is 1. The van der Waals surface area contributed by atoms with Gasteiger partial charge in [-0.25, -0.2) is 0 Å². The Morgan fingerprint density at radius 2 is 1.39 bits per heavy atom. The van der Waals surface area contributed by atoms with E-state index in [2.05, 4.69) is 0 Å². The highest BCUT2D eigenvalue weighted by Gasteiger charge is 2.04. The molecule has 0 heterocycles. The highest BCUT2D eigenvalue weighted by Crippen LogP contribution is 2.08. The van der Waals surface area contributed by atoms with Crippen LogP contribution in [0.3, 0.4) is 0 Å². The smallest absolute Gasteiger partial charge is 0.303 e. The lowest BCUT2D eigenvalue weighted by atomic mass is 10.1. The average molecular weight is 259 g/mol. The molecular weight excluding hydrogens is 238 g/mol. The molecule has 1 N–H and O–H groups in total. The maximum Gasteiger partial charge on any atom is 0.303 e. The molecule has 6 nitrogen and oxygen atoms in total. The SMILES string of the molecule is O=C(O)CCCCCCCC(=O)CCC[N+](=O)[O-]. The molecule has 0 amide bonds. The number of carbonyl (C=O) groups is 2. The van der Waals surface area contributed by atoms with E-state index in [1.54, 1.807) is 0 Å². The van der Waals surface area contributed by atoms with Crippen LogP contribution in [0.1, 0.15) is 57.8 Å². The van der Waals surface area contributed by atoms with Gasteiger partial charge in [-0.05, 0) is 12.8 Å². The number of rotatable bonds is 12. The Morgan fingerprint density at radius 1 is 0.889 bits per heavy atom. The van der Waals surface area contributed by atoms with Gasteiger partial charge < -0.3 is 5.11 Å². The number of ketones is 1. The second-order valence-corrected chi connectivity index (χ2v) is 4.36. The first-order valence-electron chi connectivity index (χ1n) is 6.37. The molecule has 0 aromatic heterocycles. The Kier molecular flexibility index (Phi) is 9.81. The Morgan fingerprint density at radius 3 is 1.94 bits per heavy atom. The average Bonchev–Trinajstić information content (AvgIpc) is 2.26. The van der Waals surface area contributed by atoms with Crippen molar-refractivity contribution in [2.24, 2.45) is 0 Å². The van der Waals surface area contributed by atoms with Crippen LogP contribution in [0, 0.1) is 10.1 Å². The number of unbranched alkanes of at least 4 members (excludes halogenated alkanes) is 4. The molecule has 0 aliphatic rings. The van der Waals surface area contributed by atoms with Crippen LogP contribution in [-0.2, 0) is 9.59 Å². The standard InChI is InChI=1S/C12H21NO5/c14-11(8-6-10-13(17)18)7-4-2-1-3-5-9-12(15)16/h1-10H2,(H,15,16). The van der Waals surface area contributed by atoms with Crippen molar-refractivity contribution < 1.29 is 19.6 Å². The fraction of sp³-hybridized carbons (Fsp3) is 0.833. The Bertz CT molecular complexity index is 278. The van der Waals surface area contributed by atoms with Crippen LogP contribution in [0.2, 0.25) is 0 Å². The zero-order valence-corrected chi connectivity index (χ0v) is 10.6. The molecule has 0 unspecified atom stereocenters. The van der Waals surface area contributed by atoms with Crippen LogP contribution < -0.4 is 0 Å². The van der Waals surface area contributed by atoms with E-state index in [4.69, 9.17) is 5.11 Å². The van der Waals surface area contributed by atoms with E-state index in [-0.39, 0.29) is 18.7 Å². The highest BCUT2D eigenvalue weighted by molar-refractivity contribution is 5.78. The molecule has 0 atom stereocenters. The van der Waals surface area contributed by atoms with Crippen molar-refractivity contribution in [2.45, 2.75) is 57.8 Å². The van der Waals surface area contributed by atoms with Gasteiger partial charge in [0.2, 0.25) is 6.54 Å². The molecule has 0 fully saturated rings. The zero-order valence-electron chi connectivity index (χ0n) is 10.6. The van der Waals surface area contributed by atoms with Gasteiger partial charge in [0, 0.05) is 30.6 Å². The molecule has 18 heavy (non-hydrogen) atoms. The minimum Gasteiger partial charge on any atom is -0.481 e. The molecule has 0 rings (SSSR count). The molecule has 0 spiro atoms. The Balaban J connectivity index is 3.25. The van der Waals surface area contributed by atoms with Crippen LogP contribution in [0.4, 0.5) is 0 Å². The first-order valence-corrected chi connectivity index (χ1v) is 6.37. The maximum atomic E-state index is 11.3. The van der Waals surface area contributed by atoms with E-state index in [0.29, 0.717) is 25.7 Å². The second-order valence-electron chi connectivity index (χ2n) is 4.36. The Labute approximate surface area is 107 Å². The number of hydrogen-bond donors (Lipinski definition) is 1. The summed E-state index contributed by atoms with van der Waals surface area (Å²) in [5.74, 6) is -0.682. The molecule has 0 saturated heterocycles. The van der Waals surface area contributed by atoms with Gasteiger partial charge >= 0.3 is 5.97 Å². The molecule has 0 aliphatic heterocycles. The fourth-order valence-corrected chi connectivity index (χ4v) is 1.66. The Hall–Kier alpha value is -1.46. The van der Waals surface area contributed by atoms with E-state index >= 15 is 0 Å². The lowest BCUT2D eigenvalue weighted by molar-refractivity contribution is -0.480. The van der Waals surface area contributed by atoms with E-state index in [0.717, 1.165) is 25.7 Å². The summed E-state index contributed by atoms with van der Waals surface area (Å²) in [7, 11) is 0. The molecular formula is C12H21NO5. The van der Waals surface area contributed by atoms with Gasteiger partial charge in [0.15, 0.2) is 0 Å². The maximum absolute atomic E-state index is 11.3. The van der Waals surface area contributed by atoms with Crippen LogP contribution >= 0.6 is 0 Å². The van der Waals surface area contributed by atoms with Crippen LogP contribution in [-0.4, -0.2) is 28.3 Å². The predicted octanol–water partition coefficient (Wildman–Crippen LogP) is 2.43. The number of hydrogen-bond acceptors (Lipinski definition) is 4. The molecule has 0 aliphatic carbocycles. The molecule has 0 saturated carbocycles. The van der Waals surface area contributed by atoms with Gasteiger partial charge in [0.05, 0.1) is 0 Å². The van der Waals surface area contributed by atoms with Crippen molar-refractivity contribution in [1.82, 2.24) is 0 Å². The number of carboxylic acids is 1. The third-order valence-corrected chi connectivity index (χ3v) is 2.64. The minimum absolute atomic E-state index is 0.0855. The summed E-state index contributed by atoms with van der Waals surface area (Å²) in [5, 5.41) is 18.5. The van der Waals surface area contributed by atoms with Crippen LogP contribution in [0.25, 0.3) is 0 Å². The molecule has 0 aromatic rings. The first-order chi connectivity index (χ1) is 8.52. The fourth-order valence-electron chi connectivity index (χ4n) is 1.66. The second kappa shape index (κ2) is 10.7. The van der Waals surface area contributed by atoms with Crippen molar-refractivity contribution in [2.75, 3.05) is 6.54 Å². The van der Waals surface area contributed by atoms with Gasteiger partial charge in [-0.15, -0.1) is 0 Å². The molecule has 0 bridgehead atoms. The number of nitrogens with zero attached hydrogens (tertiary/aromatic N) is 1. The van der Waals surface area contributed by atoms with Crippen molar-refractivity contribution in [3.63, 3.8) is 0 Å². The van der Waals surface area contributed by atoms with Crippen LogP contribution in [0.15, 0.2) is 0 Å². The third-order valence-electron chi connectivity index (χ3n) is 2.64. The quantitative estimate of drug-likeness (QED) is 0.330. The summed E-state index contributed by atoms with van der Waals surface area (Å²) in [6, 6.07) is 0. The number of carboxylic acid groups (broad SMARTS) is 1. The summed E-state index contributed by atoms with van der Waals surface area (Å²) < 4.78 is 0. The lowest BCUT2D eigenvalue weighted by Crippen LogP contribution is -2.05. The van der Waals surface area contributed by atoms with Gasteiger partial charge in [-0.3, -0.25) is 19.7 Å². The zero-order chi connectivity index (χ0) is 13.8. The van der Waals surface area contributed by atoms with Gasteiger partial charge in [0.1, 0.15) is 5.78 Å². The van der Waals surface area contributed by atoms with Gasteiger partial charge in [-0.1, -0.05) is 19.3 Å². The number of carbonyl (C=O) groups excluding carboxylic acids is 1. The van der Waals surface area contributed by atoms with E-state index in [9.17, 15) is 19.7 Å². The van der Waals surface area contributed by atoms with E-state index in [1.165, 1.54) is 0 Å². The van der Waals surface area contributed by atoms with Gasteiger partial charge in [-0.2, -0.15) is 0 Å².